The number of nitrogens with zero attached hydrogens (tertiary/aromatic N) is 1. The van der Waals surface area contributed by atoms with Gasteiger partial charge in [-0.25, -0.2) is 0 Å². The van der Waals surface area contributed by atoms with E-state index >= 15 is 0 Å². The van der Waals surface area contributed by atoms with Crippen molar-refractivity contribution >= 4 is 0 Å². The third-order valence-electron chi connectivity index (χ3n) is 4.40. The third-order valence-corrected chi connectivity index (χ3v) is 4.40. The first kappa shape index (κ1) is 10.1. The minimum absolute atomic E-state index is 0.818. The minimum atomic E-state index is 0.818. The maximum atomic E-state index is 3.76. The van der Waals surface area contributed by atoms with E-state index in [0.29, 0.717) is 0 Å². The summed E-state index contributed by atoms with van der Waals surface area (Å²) in [5.41, 5.74) is 0. The van der Waals surface area contributed by atoms with Gasteiger partial charge in [-0.3, -0.25) is 0 Å². The Labute approximate surface area is 93.4 Å². The molecule has 1 N–H and O–H groups in total. The Bertz CT molecular complexity index is 209. The first-order chi connectivity index (χ1) is 7.40. The summed E-state index contributed by atoms with van der Waals surface area (Å²) >= 11 is 0. The second-order valence-electron chi connectivity index (χ2n) is 5.81. The molecule has 2 nitrogen and oxygen atoms in total. The van der Waals surface area contributed by atoms with Gasteiger partial charge in [-0.2, -0.15) is 0 Å². The molecule has 2 saturated carbocycles. The zero-order valence-corrected chi connectivity index (χ0v) is 9.75. The van der Waals surface area contributed by atoms with Crippen molar-refractivity contribution in [3.63, 3.8) is 0 Å². The molecule has 1 aliphatic heterocycles. The van der Waals surface area contributed by atoms with E-state index in [1.807, 2.05) is 0 Å². The fourth-order valence-corrected chi connectivity index (χ4v) is 2.90. The molecule has 3 rings (SSSR count). The maximum Gasteiger partial charge on any atom is 0.0209 e. The molecule has 1 atom stereocenters. The first-order valence-corrected chi connectivity index (χ1v) is 6.88. The maximum absolute atomic E-state index is 3.76. The number of hydrogen-bond donors (Lipinski definition) is 1. The van der Waals surface area contributed by atoms with Crippen molar-refractivity contribution in [2.45, 2.75) is 57.0 Å². The van der Waals surface area contributed by atoms with E-state index in [-0.39, 0.29) is 0 Å². The molecule has 1 saturated heterocycles. The lowest BCUT2D eigenvalue weighted by Gasteiger charge is -2.27. The third kappa shape index (κ3) is 2.73. The van der Waals surface area contributed by atoms with Gasteiger partial charge < -0.3 is 10.2 Å². The molecule has 15 heavy (non-hydrogen) atoms. The SMILES string of the molecule is C1CC(CCN2CCC(NC3CC3)C2)C1. The molecule has 3 fully saturated rings. The highest BCUT2D eigenvalue weighted by molar-refractivity contribution is 4.89. The fraction of sp³-hybridized carbons (Fsp3) is 1.00. The monoisotopic (exact) mass is 208 g/mol. The van der Waals surface area contributed by atoms with Crippen molar-refractivity contribution < 1.29 is 0 Å². The molecule has 0 amide bonds. The summed E-state index contributed by atoms with van der Waals surface area (Å²) in [6.07, 6.45) is 10.2. The second-order valence-corrected chi connectivity index (χ2v) is 5.81. The highest BCUT2D eigenvalue weighted by Gasteiger charge is 2.29. The van der Waals surface area contributed by atoms with Crippen LogP contribution in [0.25, 0.3) is 0 Å². The Morgan fingerprint density at radius 2 is 1.87 bits per heavy atom. The molecule has 3 aliphatic rings. The van der Waals surface area contributed by atoms with Crippen LogP contribution in [0.3, 0.4) is 0 Å². The molecule has 0 spiro atoms. The molecule has 2 aliphatic carbocycles. The average molecular weight is 208 g/mol. The lowest BCUT2D eigenvalue weighted by atomic mass is 9.83. The van der Waals surface area contributed by atoms with Crippen LogP contribution in [0.5, 0.6) is 0 Å². The van der Waals surface area contributed by atoms with Crippen molar-refractivity contribution in [2.24, 2.45) is 5.92 Å². The zero-order chi connectivity index (χ0) is 10.1. The van der Waals surface area contributed by atoms with E-state index in [9.17, 15) is 0 Å². The lowest BCUT2D eigenvalue weighted by molar-refractivity contribution is 0.236. The summed E-state index contributed by atoms with van der Waals surface area (Å²) in [5, 5.41) is 3.76. The molecular formula is C13H24N2. The van der Waals surface area contributed by atoms with Gasteiger partial charge in [-0.15, -0.1) is 0 Å². The summed E-state index contributed by atoms with van der Waals surface area (Å²) < 4.78 is 0. The standard InChI is InChI=1S/C13H24N2/c1-2-11(3-1)6-8-15-9-7-13(10-15)14-12-4-5-12/h11-14H,1-10H2. The molecule has 0 bridgehead atoms. The van der Waals surface area contributed by atoms with Gasteiger partial charge in [0.2, 0.25) is 0 Å². The molecule has 0 aromatic rings. The molecule has 0 radical (unpaired) electrons. The highest BCUT2D eigenvalue weighted by Crippen LogP contribution is 2.30. The van der Waals surface area contributed by atoms with E-state index in [2.05, 4.69) is 10.2 Å². The molecule has 86 valence electrons. The Hall–Kier alpha value is -0.0800. The Balaban J connectivity index is 1.33. The molecule has 1 heterocycles. The van der Waals surface area contributed by atoms with Crippen LogP contribution in [-0.4, -0.2) is 36.6 Å². The minimum Gasteiger partial charge on any atom is -0.310 e. The molecule has 0 aromatic heterocycles. The predicted octanol–water partition coefficient (Wildman–Crippen LogP) is 2.00. The average Bonchev–Trinajstić information content (AvgIpc) is 2.84. The summed E-state index contributed by atoms with van der Waals surface area (Å²) in [4.78, 5) is 2.68. The van der Waals surface area contributed by atoms with Gasteiger partial charge in [0.05, 0.1) is 0 Å². The van der Waals surface area contributed by atoms with Crippen molar-refractivity contribution in [3.05, 3.63) is 0 Å². The van der Waals surface area contributed by atoms with E-state index < -0.39 is 0 Å². The zero-order valence-electron chi connectivity index (χ0n) is 9.75. The number of likely N-dealkylation sites (tertiary alicyclic amines) is 1. The summed E-state index contributed by atoms with van der Waals surface area (Å²) in [5.74, 6) is 1.08. The highest BCUT2D eigenvalue weighted by atomic mass is 15.2. The van der Waals surface area contributed by atoms with Crippen molar-refractivity contribution in [2.75, 3.05) is 19.6 Å². The summed E-state index contributed by atoms with van der Waals surface area (Å²) in [7, 11) is 0. The Morgan fingerprint density at radius 1 is 1.00 bits per heavy atom. The van der Waals surface area contributed by atoms with Crippen LogP contribution in [-0.2, 0) is 0 Å². The van der Waals surface area contributed by atoms with Crippen LogP contribution < -0.4 is 5.32 Å². The van der Waals surface area contributed by atoms with Crippen molar-refractivity contribution in [3.8, 4) is 0 Å². The first-order valence-electron chi connectivity index (χ1n) is 6.88. The number of hydrogen-bond acceptors (Lipinski definition) is 2. The van der Waals surface area contributed by atoms with Gasteiger partial charge in [0.25, 0.3) is 0 Å². The van der Waals surface area contributed by atoms with Crippen LogP contribution in [0.1, 0.15) is 44.9 Å². The number of rotatable bonds is 5. The quantitative estimate of drug-likeness (QED) is 0.743. The normalized spacial score (nSPS) is 33.2. The predicted molar refractivity (Wildman–Crippen MR) is 63.0 cm³/mol. The fourth-order valence-electron chi connectivity index (χ4n) is 2.90. The molecule has 0 aromatic carbocycles. The van der Waals surface area contributed by atoms with Gasteiger partial charge in [-0.05, 0) is 44.7 Å². The topological polar surface area (TPSA) is 15.3 Å². The van der Waals surface area contributed by atoms with E-state index in [1.54, 1.807) is 0 Å². The van der Waals surface area contributed by atoms with E-state index in [0.717, 1.165) is 18.0 Å². The van der Waals surface area contributed by atoms with Crippen molar-refractivity contribution in [1.82, 2.24) is 10.2 Å². The van der Waals surface area contributed by atoms with E-state index in [4.69, 9.17) is 0 Å². The van der Waals surface area contributed by atoms with Gasteiger partial charge in [0, 0.05) is 18.6 Å². The van der Waals surface area contributed by atoms with Crippen molar-refractivity contribution in [1.29, 1.82) is 0 Å². The van der Waals surface area contributed by atoms with Crippen LogP contribution in [0, 0.1) is 5.92 Å². The Morgan fingerprint density at radius 3 is 2.53 bits per heavy atom. The lowest BCUT2D eigenvalue weighted by Crippen LogP contribution is -2.34. The van der Waals surface area contributed by atoms with E-state index in [1.165, 1.54) is 64.6 Å². The van der Waals surface area contributed by atoms with Gasteiger partial charge in [0.15, 0.2) is 0 Å². The summed E-state index contributed by atoms with van der Waals surface area (Å²) in [6, 6.07) is 1.71. The molecule has 1 unspecified atom stereocenters. The van der Waals surface area contributed by atoms with Crippen LogP contribution in [0.15, 0.2) is 0 Å². The molecule has 2 heteroatoms. The van der Waals surface area contributed by atoms with Crippen LogP contribution in [0.2, 0.25) is 0 Å². The summed E-state index contributed by atoms with van der Waals surface area (Å²) in [6.45, 7) is 4.04. The van der Waals surface area contributed by atoms with Crippen LogP contribution >= 0.6 is 0 Å². The number of nitrogens with one attached hydrogen (secondary N) is 1. The van der Waals surface area contributed by atoms with Gasteiger partial charge >= 0.3 is 0 Å². The largest absolute Gasteiger partial charge is 0.310 e. The van der Waals surface area contributed by atoms with Gasteiger partial charge in [-0.1, -0.05) is 19.3 Å². The second kappa shape index (κ2) is 4.42. The Kier molecular flexibility index (Phi) is 2.98. The van der Waals surface area contributed by atoms with Crippen LogP contribution in [0.4, 0.5) is 0 Å². The smallest absolute Gasteiger partial charge is 0.0209 e. The van der Waals surface area contributed by atoms with Gasteiger partial charge in [0.1, 0.15) is 0 Å². The molecular weight excluding hydrogens is 184 g/mol.